The van der Waals surface area contributed by atoms with Crippen LogP contribution in [0.4, 0.5) is 5.69 Å². The Morgan fingerprint density at radius 1 is 1.44 bits per heavy atom. The summed E-state index contributed by atoms with van der Waals surface area (Å²) < 4.78 is 9.87. The second-order valence-corrected chi connectivity index (χ2v) is 3.61. The van der Waals surface area contributed by atoms with Crippen LogP contribution >= 0.6 is 11.6 Å². The molecule has 0 heterocycles. The van der Waals surface area contributed by atoms with Gasteiger partial charge in [-0.05, 0) is 13.0 Å². The lowest BCUT2D eigenvalue weighted by molar-refractivity contribution is -0.384. The number of hydrogen-bond acceptors (Lipinski definition) is 5. The van der Waals surface area contributed by atoms with E-state index in [4.69, 9.17) is 21.1 Å². The maximum atomic E-state index is 11.6. The lowest BCUT2D eigenvalue weighted by Crippen LogP contribution is -2.11. The topological polar surface area (TPSA) is 78.7 Å². The first-order chi connectivity index (χ1) is 8.57. The summed E-state index contributed by atoms with van der Waals surface area (Å²) in [6.07, 6.45) is 0. The normalized spacial score (nSPS) is 10.1. The highest BCUT2D eigenvalue weighted by Crippen LogP contribution is 2.28. The lowest BCUT2D eigenvalue weighted by atomic mass is 10.2. The Balaban J connectivity index is 2.74. The van der Waals surface area contributed by atoms with Crippen LogP contribution in [-0.2, 0) is 9.47 Å². The van der Waals surface area contributed by atoms with Gasteiger partial charge < -0.3 is 9.47 Å². The molecule has 98 valence electrons. The molecule has 0 amide bonds. The van der Waals surface area contributed by atoms with Crippen LogP contribution in [0.1, 0.15) is 17.3 Å². The molecule has 0 spiro atoms. The molecule has 1 aromatic carbocycles. The number of ether oxygens (including phenoxy) is 2. The highest BCUT2D eigenvalue weighted by Gasteiger charge is 2.20. The average molecular weight is 274 g/mol. The summed E-state index contributed by atoms with van der Waals surface area (Å²) in [6.45, 7) is 2.69. The molecule has 0 fully saturated rings. The zero-order valence-corrected chi connectivity index (χ0v) is 10.5. The van der Waals surface area contributed by atoms with Gasteiger partial charge in [0.2, 0.25) is 0 Å². The maximum Gasteiger partial charge on any atom is 0.339 e. The molecule has 0 bridgehead atoms. The molecule has 0 aromatic heterocycles. The quantitative estimate of drug-likeness (QED) is 0.344. The van der Waals surface area contributed by atoms with Crippen molar-refractivity contribution in [1.82, 2.24) is 0 Å². The summed E-state index contributed by atoms with van der Waals surface area (Å²) in [4.78, 5) is 21.6. The number of rotatable bonds is 6. The Kier molecular flexibility index (Phi) is 5.54. The van der Waals surface area contributed by atoms with Crippen molar-refractivity contribution in [3.8, 4) is 0 Å². The monoisotopic (exact) mass is 273 g/mol. The summed E-state index contributed by atoms with van der Waals surface area (Å²) in [5.74, 6) is -0.705. The van der Waals surface area contributed by atoms with Crippen molar-refractivity contribution in [2.45, 2.75) is 6.92 Å². The van der Waals surface area contributed by atoms with Gasteiger partial charge in [-0.1, -0.05) is 17.7 Å². The van der Waals surface area contributed by atoms with Gasteiger partial charge in [0.25, 0.3) is 5.69 Å². The van der Waals surface area contributed by atoms with E-state index in [9.17, 15) is 14.9 Å². The third-order valence-corrected chi connectivity index (χ3v) is 2.46. The van der Waals surface area contributed by atoms with E-state index in [-0.39, 0.29) is 29.5 Å². The number of nitro benzene ring substituents is 1. The Morgan fingerprint density at radius 2 is 2.17 bits per heavy atom. The number of halogens is 1. The number of carbonyl (C=O) groups is 1. The fourth-order valence-corrected chi connectivity index (χ4v) is 1.51. The first kappa shape index (κ1) is 14.4. The van der Waals surface area contributed by atoms with Gasteiger partial charge in [-0.2, -0.15) is 0 Å². The molecule has 0 N–H and O–H groups in total. The molecule has 0 aliphatic rings. The third-order valence-electron chi connectivity index (χ3n) is 2.06. The van der Waals surface area contributed by atoms with E-state index in [1.165, 1.54) is 18.2 Å². The van der Waals surface area contributed by atoms with E-state index in [1.807, 2.05) is 6.92 Å². The molecule has 1 aromatic rings. The zero-order chi connectivity index (χ0) is 13.5. The van der Waals surface area contributed by atoms with Crippen molar-refractivity contribution in [3.05, 3.63) is 38.9 Å². The number of nitro groups is 1. The van der Waals surface area contributed by atoms with E-state index in [2.05, 4.69) is 0 Å². The van der Waals surface area contributed by atoms with Gasteiger partial charge in [0.05, 0.1) is 17.1 Å². The van der Waals surface area contributed by atoms with Crippen LogP contribution in [0.3, 0.4) is 0 Å². The SMILES string of the molecule is CCOCCOC(=O)c1cccc([N+](=O)[O-])c1Cl. The third kappa shape index (κ3) is 3.68. The second-order valence-electron chi connectivity index (χ2n) is 3.23. The van der Waals surface area contributed by atoms with E-state index >= 15 is 0 Å². The molecule has 7 heteroatoms. The van der Waals surface area contributed by atoms with Gasteiger partial charge in [0, 0.05) is 12.7 Å². The van der Waals surface area contributed by atoms with Gasteiger partial charge in [-0.25, -0.2) is 4.79 Å². The van der Waals surface area contributed by atoms with E-state index in [0.29, 0.717) is 6.61 Å². The highest BCUT2D eigenvalue weighted by molar-refractivity contribution is 6.35. The zero-order valence-electron chi connectivity index (χ0n) is 9.72. The average Bonchev–Trinajstić information content (AvgIpc) is 2.34. The molecular formula is C11H12ClNO5. The highest BCUT2D eigenvalue weighted by atomic mass is 35.5. The number of nitrogens with zero attached hydrogens (tertiary/aromatic N) is 1. The fourth-order valence-electron chi connectivity index (χ4n) is 1.23. The molecule has 0 radical (unpaired) electrons. The Morgan fingerprint density at radius 3 is 2.78 bits per heavy atom. The molecular weight excluding hydrogens is 262 g/mol. The van der Waals surface area contributed by atoms with Crippen LogP contribution in [-0.4, -0.2) is 30.7 Å². The molecule has 0 atom stereocenters. The van der Waals surface area contributed by atoms with Crippen molar-refractivity contribution in [2.24, 2.45) is 0 Å². The summed E-state index contributed by atoms with van der Waals surface area (Å²) >= 11 is 5.76. The molecule has 0 unspecified atom stereocenters. The van der Waals surface area contributed by atoms with Crippen LogP contribution in [0.15, 0.2) is 18.2 Å². The van der Waals surface area contributed by atoms with Crippen LogP contribution in [0.25, 0.3) is 0 Å². The van der Waals surface area contributed by atoms with E-state index in [1.54, 1.807) is 0 Å². The molecule has 0 saturated heterocycles. The number of hydrogen-bond donors (Lipinski definition) is 0. The Bertz CT molecular complexity index is 449. The predicted octanol–water partition coefficient (Wildman–Crippen LogP) is 2.44. The molecule has 0 saturated carbocycles. The lowest BCUT2D eigenvalue weighted by Gasteiger charge is -2.06. The van der Waals surface area contributed by atoms with Crippen molar-refractivity contribution in [3.63, 3.8) is 0 Å². The predicted molar refractivity (Wildman–Crippen MR) is 64.9 cm³/mol. The molecule has 0 aliphatic carbocycles. The smallest absolute Gasteiger partial charge is 0.339 e. The minimum atomic E-state index is -0.705. The van der Waals surface area contributed by atoms with Crippen molar-refractivity contribution >= 4 is 23.3 Å². The van der Waals surface area contributed by atoms with Gasteiger partial charge in [0.15, 0.2) is 0 Å². The van der Waals surface area contributed by atoms with Crippen molar-refractivity contribution < 1.29 is 19.2 Å². The minimum absolute atomic E-state index is 0.0256. The van der Waals surface area contributed by atoms with E-state index in [0.717, 1.165) is 0 Å². The Labute approximate surface area is 109 Å². The second kappa shape index (κ2) is 6.93. The van der Waals surface area contributed by atoms with Gasteiger partial charge in [-0.15, -0.1) is 0 Å². The van der Waals surface area contributed by atoms with Gasteiger partial charge in [-0.3, -0.25) is 10.1 Å². The van der Waals surface area contributed by atoms with Crippen molar-refractivity contribution in [2.75, 3.05) is 19.8 Å². The molecule has 0 aliphatic heterocycles. The summed E-state index contributed by atoms with van der Waals surface area (Å²) in [5.41, 5.74) is -0.349. The number of esters is 1. The summed E-state index contributed by atoms with van der Waals surface area (Å²) in [5, 5.41) is 10.4. The van der Waals surface area contributed by atoms with Crippen LogP contribution < -0.4 is 0 Å². The minimum Gasteiger partial charge on any atom is -0.460 e. The summed E-state index contributed by atoms with van der Waals surface area (Å²) in [6, 6.07) is 3.97. The molecule has 1 rings (SSSR count). The Hall–Kier alpha value is -1.66. The van der Waals surface area contributed by atoms with Gasteiger partial charge >= 0.3 is 5.97 Å². The standard InChI is InChI=1S/C11H12ClNO5/c1-2-17-6-7-18-11(14)8-4-3-5-9(10(8)12)13(15)16/h3-5H,2,6-7H2,1H3. The van der Waals surface area contributed by atoms with Crippen LogP contribution in [0.2, 0.25) is 5.02 Å². The summed E-state index contributed by atoms with van der Waals surface area (Å²) in [7, 11) is 0. The first-order valence-electron chi connectivity index (χ1n) is 5.25. The van der Waals surface area contributed by atoms with Gasteiger partial charge in [0.1, 0.15) is 11.6 Å². The fraction of sp³-hybridized carbons (Fsp3) is 0.364. The maximum absolute atomic E-state index is 11.6. The number of carbonyl (C=O) groups excluding carboxylic acids is 1. The van der Waals surface area contributed by atoms with Crippen molar-refractivity contribution in [1.29, 1.82) is 0 Å². The number of benzene rings is 1. The molecule has 6 nitrogen and oxygen atoms in total. The van der Waals surface area contributed by atoms with Crippen LogP contribution in [0.5, 0.6) is 0 Å². The largest absolute Gasteiger partial charge is 0.460 e. The van der Waals surface area contributed by atoms with Crippen LogP contribution in [0, 0.1) is 10.1 Å². The first-order valence-corrected chi connectivity index (χ1v) is 5.63. The molecule has 18 heavy (non-hydrogen) atoms. The van der Waals surface area contributed by atoms with E-state index < -0.39 is 10.9 Å².